The van der Waals surface area contributed by atoms with E-state index in [0.29, 0.717) is 4.88 Å². The Morgan fingerprint density at radius 2 is 2.10 bits per heavy atom. The van der Waals surface area contributed by atoms with Gasteiger partial charge in [0.25, 0.3) is 5.91 Å². The molecule has 1 amide bonds. The van der Waals surface area contributed by atoms with Crippen LogP contribution in [0.3, 0.4) is 0 Å². The first-order valence-corrected chi connectivity index (χ1v) is 8.57. The fraction of sp³-hybridized carbons (Fsp3) is 0.312. The lowest BCUT2D eigenvalue weighted by molar-refractivity contribution is 0.0135. The maximum Gasteiger partial charge on any atom is 0.261 e. The summed E-state index contributed by atoms with van der Waals surface area (Å²) < 4.78 is 0.901. The van der Waals surface area contributed by atoms with E-state index in [1.165, 1.54) is 11.3 Å². The third kappa shape index (κ3) is 3.20. The van der Waals surface area contributed by atoms with Gasteiger partial charge in [-0.15, -0.1) is 11.3 Å². The first kappa shape index (κ1) is 14.8. The molecule has 1 aliphatic rings. The summed E-state index contributed by atoms with van der Waals surface area (Å²) >= 11 is 4.73. The van der Waals surface area contributed by atoms with Crippen LogP contribution in [0.4, 0.5) is 0 Å². The second-order valence-electron chi connectivity index (χ2n) is 5.38. The lowest BCUT2D eigenvalue weighted by Gasteiger charge is -2.29. The van der Waals surface area contributed by atoms with E-state index in [0.717, 1.165) is 22.9 Å². The highest BCUT2D eigenvalue weighted by molar-refractivity contribution is 9.10. The van der Waals surface area contributed by atoms with E-state index < -0.39 is 5.60 Å². The zero-order valence-electron chi connectivity index (χ0n) is 11.4. The lowest BCUT2D eigenvalue weighted by Crippen LogP contribution is -2.42. The minimum atomic E-state index is -0.967. The van der Waals surface area contributed by atoms with Crippen LogP contribution in [0.1, 0.15) is 28.1 Å². The van der Waals surface area contributed by atoms with Gasteiger partial charge in [-0.1, -0.05) is 30.3 Å². The van der Waals surface area contributed by atoms with Crippen molar-refractivity contribution in [1.29, 1.82) is 0 Å². The Bertz CT molecular complexity index is 639. The van der Waals surface area contributed by atoms with Gasteiger partial charge in [-0.05, 0) is 46.3 Å². The summed E-state index contributed by atoms with van der Waals surface area (Å²) in [5, 5.41) is 15.8. The number of rotatable bonds is 5. The number of carbonyl (C=O) groups excluding carboxylic acids is 1. The minimum Gasteiger partial charge on any atom is -0.383 e. The van der Waals surface area contributed by atoms with E-state index in [1.54, 1.807) is 6.07 Å². The fourth-order valence-corrected chi connectivity index (χ4v) is 3.85. The fourth-order valence-electron chi connectivity index (χ4n) is 2.50. The van der Waals surface area contributed by atoms with Crippen molar-refractivity contribution in [3.8, 4) is 0 Å². The van der Waals surface area contributed by atoms with Crippen molar-refractivity contribution in [2.75, 3.05) is 6.54 Å². The number of nitrogens with one attached hydrogen (secondary N) is 1. The molecule has 1 aliphatic carbocycles. The third-order valence-corrected chi connectivity index (χ3v) is 5.53. The van der Waals surface area contributed by atoms with Crippen LogP contribution in [-0.4, -0.2) is 17.6 Å². The topological polar surface area (TPSA) is 49.3 Å². The third-order valence-electron chi connectivity index (χ3n) is 3.84. The molecule has 0 radical (unpaired) electrons. The number of amides is 1. The van der Waals surface area contributed by atoms with Crippen LogP contribution in [0.5, 0.6) is 0 Å². The number of hydrogen-bond donors (Lipinski definition) is 2. The Balaban J connectivity index is 1.73. The Kier molecular flexibility index (Phi) is 4.15. The maximum absolute atomic E-state index is 12.1. The quantitative estimate of drug-likeness (QED) is 0.851. The van der Waals surface area contributed by atoms with Crippen LogP contribution < -0.4 is 5.32 Å². The molecule has 0 bridgehead atoms. The van der Waals surface area contributed by atoms with Gasteiger partial charge in [0.2, 0.25) is 0 Å². The van der Waals surface area contributed by atoms with Crippen LogP contribution in [0.25, 0.3) is 0 Å². The van der Waals surface area contributed by atoms with Gasteiger partial charge in [-0.3, -0.25) is 4.79 Å². The van der Waals surface area contributed by atoms with Crippen molar-refractivity contribution in [3.05, 3.63) is 56.7 Å². The van der Waals surface area contributed by atoms with E-state index in [1.807, 2.05) is 35.7 Å². The summed E-state index contributed by atoms with van der Waals surface area (Å²) in [7, 11) is 0. The number of benzene rings is 1. The smallest absolute Gasteiger partial charge is 0.261 e. The SMILES string of the molecule is O=C(NC[C@](O)(c1ccccc1)C1CC1)c1cc(Br)cs1. The van der Waals surface area contributed by atoms with Gasteiger partial charge in [-0.2, -0.15) is 0 Å². The van der Waals surface area contributed by atoms with Crippen molar-refractivity contribution < 1.29 is 9.90 Å². The van der Waals surface area contributed by atoms with Crippen molar-refractivity contribution >= 4 is 33.2 Å². The Hall–Kier alpha value is -1.17. The Morgan fingerprint density at radius 3 is 2.67 bits per heavy atom. The number of aliphatic hydroxyl groups is 1. The highest BCUT2D eigenvalue weighted by Gasteiger charge is 2.45. The second kappa shape index (κ2) is 5.91. The molecule has 110 valence electrons. The first-order chi connectivity index (χ1) is 10.1. The van der Waals surface area contributed by atoms with Crippen LogP contribution >= 0.6 is 27.3 Å². The predicted octanol–water partition coefficient (Wildman–Crippen LogP) is 3.54. The second-order valence-corrected chi connectivity index (χ2v) is 7.20. The van der Waals surface area contributed by atoms with Crippen LogP contribution in [0.2, 0.25) is 0 Å². The molecule has 1 aromatic carbocycles. The average molecular weight is 366 g/mol. The summed E-state index contributed by atoms with van der Waals surface area (Å²) in [5.41, 5.74) is -0.0917. The van der Waals surface area contributed by atoms with E-state index in [2.05, 4.69) is 21.2 Å². The Morgan fingerprint density at radius 1 is 1.38 bits per heavy atom. The number of hydrogen-bond acceptors (Lipinski definition) is 3. The standard InChI is InChI=1S/C16H16BrNO2S/c17-13-8-14(21-9-13)15(19)18-10-16(20,12-6-7-12)11-4-2-1-3-5-11/h1-5,8-9,12,20H,6-7,10H2,(H,18,19)/t16-/m0/s1. The van der Waals surface area contributed by atoms with Gasteiger partial charge in [0, 0.05) is 9.85 Å². The summed E-state index contributed by atoms with van der Waals surface area (Å²) in [6, 6.07) is 11.4. The molecule has 5 heteroatoms. The van der Waals surface area contributed by atoms with Gasteiger partial charge >= 0.3 is 0 Å². The Labute approximate surface area is 136 Å². The molecule has 1 fully saturated rings. The van der Waals surface area contributed by atoms with Gasteiger partial charge in [-0.25, -0.2) is 0 Å². The molecular weight excluding hydrogens is 350 g/mol. The predicted molar refractivity (Wildman–Crippen MR) is 87.4 cm³/mol. The molecule has 0 spiro atoms. The van der Waals surface area contributed by atoms with Gasteiger partial charge in [0.15, 0.2) is 0 Å². The minimum absolute atomic E-state index is 0.138. The van der Waals surface area contributed by atoms with E-state index in [4.69, 9.17) is 0 Å². The molecule has 1 atom stereocenters. The largest absolute Gasteiger partial charge is 0.383 e. The molecule has 21 heavy (non-hydrogen) atoms. The van der Waals surface area contributed by atoms with Crippen molar-refractivity contribution in [1.82, 2.24) is 5.32 Å². The summed E-state index contributed by atoms with van der Waals surface area (Å²) in [6.45, 7) is 0.246. The lowest BCUT2D eigenvalue weighted by atomic mass is 9.88. The van der Waals surface area contributed by atoms with Crippen LogP contribution in [0.15, 0.2) is 46.3 Å². The molecule has 0 unspecified atom stereocenters. The molecule has 3 nitrogen and oxygen atoms in total. The number of halogens is 1. The van der Waals surface area contributed by atoms with Gasteiger partial charge in [0.1, 0.15) is 5.60 Å². The number of thiophene rings is 1. The highest BCUT2D eigenvalue weighted by Crippen LogP contribution is 2.45. The molecule has 2 aromatic rings. The monoisotopic (exact) mass is 365 g/mol. The zero-order valence-corrected chi connectivity index (χ0v) is 13.8. The van der Waals surface area contributed by atoms with E-state index >= 15 is 0 Å². The van der Waals surface area contributed by atoms with E-state index in [-0.39, 0.29) is 18.4 Å². The molecular formula is C16H16BrNO2S. The van der Waals surface area contributed by atoms with Crippen molar-refractivity contribution in [2.24, 2.45) is 5.92 Å². The van der Waals surface area contributed by atoms with Crippen molar-refractivity contribution in [2.45, 2.75) is 18.4 Å². The molecule has 0 aliphatic heterocycles. The molecule has 0 saturated heterocycles. The van der Waals surface area contributed by atoms with Gasteiger partial charge < -0.3 is 10.4 Å². The summed E-state index contributed by atoms with van der Waals surface area (Å²) in [5.74, 6) is 0.0935. The average Bonchev–Trinajstić information content (AvgIpc) is 3.28. The molecule has 3 rings (SSSR count). The summed E-state index contributed by atoms with van der Waals surface area (Å²) in [4.78, 5) is 12.8. The maximum atomic E-state index is 12.1. The van der Waals surface area contributed by atoms with Crippen LogP contribution in [-0.2, 0) is 5.60 Å². The normalized spacial score (nSPS) is 17.2. The zero-order chi connectivity index (χ0) is 14.9. The summed E-state index contributed by atoms with van der Waals surface area (Å²) in [6.07, 6.45) is 2.01. The van der Waals surface area contributed by atoms with Crippen molar-refractivity contribution in [3.63, 3.8) is 0 Å². The van der Waals surface area contributed by atoms with Crippen LogP contribution in [0, 0.1) is 5.92 Å². The number of carbonyl (C=O) groups is 1. The van der Waals surface area contributed by atoms with E-state index in [9.17, 15) is 9.90 Å². The van der Waals surface area contributed by atoms with Gasteiger partial charge in [0.05, 0.1) is 11.4 Å². The molecule has 1 aromatic heterocycles. The first-order valence-electron chi connectivity index (χ1n) is 6.90. The molecule has 1 heterocycles. The highest BCUT2D eigenvalue weighted by atomic mass is 79.9. The molecule has 2 N–H and O–H groups in total. The molecule has 1 saturated carbocycles.